The number of carbonyl (C=O) groups is 1. The summed E-state index contributed by atoms with van der Waals surface area (Å²) in [6.45, 7) is 2.92. The lowest BCUT2D eigenvalue weighted by atomic mass is 9.98. The Hall–Kier alpha value is -1.36. The Morgan fingerprint density at radius 1 is 1.75 bits per heavy atom. The molecule has 0 aliphatic carbocycles. The van der Waals surface area contributed by atoms with Crippen LogP contribution < -0.4 is 5.32 Å². The Balaban J connectivity index is 1.77. The van der Waals surface area contributed by atoms with Gasteiger partial charge in [-0.05, 0) is 32.4 Å². The van der Waals surface area contributed by atoms with Crippen LogP contribution in [0.2, 0.25) is 0 Å². The van der Waals surface area contributed by atoms with Gasteiger partial charge in [0.05, 0.1) is 6.20 Å². The molecule has 5 heteroatoms. The van der Waals surface area contributed by atoms with Crippen molar-refractivity contribution in [2.75, 3.05) is 26.7 Å². The fourth-order valence-electron chi connectivity index (χ4n) is 2.09. The van der Waals surface area contributed by atoms with Gasteiger partial charge < -0.3 is 14.6 Å². The van der Waals surface area contributed by atoms with Crippen LogP contribution in [0.5, 0.6) is 0 Å². The molecule has 0 aromatic carbocycles. The number of carbonyl (C=O) groups excluding carboxylic acids is 1. The summed E-state index contributed by atoms with van der Waals surface area (Å²) in [4.78, 5) is 17.6. The highest BCUT2D eigenvalue weighted by atomic mass is 16.3. The number of rotatable bonds is 3. The number of amides is 1. The molecule has 0 spiro atoms. The molecular formula is C11H17N3O2. The molecule has 2 heterocycles. The number of likely N-dealkylation sites (tertiary alicyclic amines) is 1. The number of nitrogens with zero attached hydrogens (tertiary/aromatic N) is 2. The van der Waals surface area contributed by atoms with Gasteiger partial charge in [-0.25, -0.2) is 4.98 Å². The summed E-state index contributed by atoms with van der Waals surface area (Å²) < 4.78 is 4.92. The van der Waals surface area contributed by atoms with Crippen LogP contribution in [0.15, 0.2) is 17.0 Å². The second-order valence-corrected chi connectivity index (χ2v) is 4.35. The van der Waals surface area contributed by atoms with E-state index < -0.39 is 0 Å². The Labute approximate surface area is 94.8 Å². The Bertz CT molecular complexity index is 337. The first-order chi connectivity index (χ1) is 7.75. The lowest BCUT2D eigenvalue weighted by Gasteiger charge is -2.29. The van der Waals surface area contributed by atoms with Crippen molar-refractivity contribution in [3.8, 4) is 0 Å². The van der Waals surface area contributed by atoms with Gasteiger partial charge in [0, 0.05) is 13.1 Å². The van der Waals surface area contributed by atoms with Gasteiger partial charge in [0.25, 0.3) is 5.91 Å². The molecular weight excluding hydrogens is 206 g/mol. The number of hydrogen-bond acceptors (Lipinski definition) is 4. The van der Waals surface area contributed by atoms with E-state index >= 15 is 0 Å². The zero-order valence-corrected chi connectivity index (χ0v) is 9.48. The molecule has 1 atom stereocenters. The van der Waals surface area contributed by atoms with E-state index in [1.54, 1.807) is 0 Å². The monoisotopic (exact) mass is 223 g/mol. The quantitative estimate of drug-likeness (QED) is 0.821. The fraction of sp³-hybridized carbons (Fsp3) is 0.636. The van der Waals surface area contributed by atoms with Crippen LogP contribution in [0.1, 0.15) is 23.4 Å². The number of nitrogens with one attached hydrogen (secondary N) is 1. The molecule has 1 aromatic heterocycles. The molecule has 1 aliphatic rings. The van der Waals surface area contributed by atoms with Gasteiger partial charge in [-0.2, -0.15) is 0 Å². The molecule has 1 saturated heterocycles. The van der Waals surface area contributed by atoms with E-state index in [0.717, 1.165) is 13.1 Å². The van der Waals surface area contributed by atoms with Crippen LogP contribution in [0.3, 0.4) is 0 Å². The zero-order chi connectivity index (χ0) is 11.4. The van der Waals surface area contributed by atoms with Crippen LogP contribution in [-0.2, 0) is 0 Å². The lowest BCUT2D eigenvalue weighted by molar-refractivity contribution is 0.0909. The summed E-state index contributed by atoms with van der Waals surface area (Å²) in [6, 6.07) is 0. The molecule has 0 radical (unpaired) electrons. The van der Waals surface area contributed by atoms with E-state index in [0.29, 0.717) is 12.5 Å². The molecule has 0 bridgehead atoms. The van der Waals surface area contributed by atoms with Crippen molar-refractivity contribution in [2.45, 2.75) is 12.8 Å². The maximum Gasteiger partial charge on any atom is 0.288 e. The van der Waals surface area contributed by atoms with Crippen LogP contribution in [0, 0.1) is 5.92 Å². The lowest BCUT2D eigenvalue weighted by Crippen LogP contribution is -2.39. The van der Waals surface area contributed by atoms with Gasteiger partial charge >= 0.3 is 0 Å². The Kier molecular flexibility index (Phi) is 3.56. The van der Waals surface area contributed by atoms with E-state index in [1.807, 2.05) is 0 Å². The number of oxazole rings is 1. The minimum atomic E-state index is -0.175. The Morgan fingerprint density at radius 2 is 2.62 bits per heavy atom. The summed E-state index contributed by atoms with van der Waals surface area (Å²) in [5.41, 5.74) is 0. The first kappa shape index (κ1) is 11.1. The second kappa shape index (κ2) is 5.12. The molecule has 2 rings (SSSR count). The number of piperidine rings is 1. The van der Waals surface area contributed by atoms with Gasteiger partial charge in [-0.15, -0.1) is 0 Å². The van der Waals surface area contributed by atoms with Gasteiger partial charge in [0.1, 0.15) is 0 Å². The minimum Gasteiger partial charge on any atom is -0.438 e. The predicted molar refractivity (Wildman–Crippen MR) is 59.1 cm³/mol. The average Bonchev–Trinajstić information content (AvgIpc) is 2.79. The zero-order valence-electron chi connectivity index (χ0n) is 9.48. The summed E-state index contributed by atoms with van der Waals surface area (Å²) in [5, 5.41) is 2.88. The molecule has 1 aromatic rings. The SMILES string of the molecule is CN1CCCC(CNC(=O)c2cnco2)C1. The van der Waals surface area contributed by atoms with Crippen molar-refractivity contribution < 1.29 is 9.21 Å². The smallest absolute Gasteiger partial charge is 0.288 e. The molecule has 5 nitrogen and oxygen atoms in total. The first-order valence-corrected chi connectivity index (χ1v) is 5.61. The van der Waals surface area contributed by atoms with Gasteiger partial charge in [-0.1, -0.05) is 0 Å². The van der Waals surface area contributed by atoms with Crippen LogP contribution >= 0.6 is 0 Å². The van der Waals surface area contributed by atoms with Gasteiger partial charge in [-0.3, -0.25) is 4.79 Å². The minimum absolute atomic E-state index is 0.175. The highest BCUT2D eigenvalue weighted by Crippen LogP contribution is 2.13. The van der Waals surface area contributed by atoms with Crippen molar-refractivity contribution in [3.05, 3.63) is 18.4 Å². The standard InChI is InChI=1S/C11H17N3O2/c1-14-4-2-3-9(7-14)5-13-11(15)10-6-12-8-16-10/h6,8-9H,2-5,7H2,1H3,(H,13,15). The fourth-order valence-corrected chi connectivity index (χ4v) is 2.09. The third-order valence-electron chi connectivity index (χ3n) is 2.93. The van der Waals surface area contributed by atoms with Crippen LogP contribution in [-0.4, -0.2) is 42.5 Å². The normalized spacial score (nSPS) is 21.9. The first-order valence-electron chi connectivity index (χ1n) is 5.61. The summed E-state index contributed by atoms with van der Waals surface area (Å²) >= 11 is 0. The molecule has 16 heavy (non-hydrogen) atoms. The number of hydrogen-bond donors (Lipinski definition) is 1. The van der Waals surface area contributed by atoms with Crippen LogP contribution in [0.25, 0.3) is 0 Å². The maximum atomic E-state index is 11.6. The largest absolute Gasteiger partial charge is 0.438 e. The third kappa shape index (κ3) is 2.82. The van der Waals surface area contributed by atoms with E-state index in [4.69, 9.17) is 4.42 Å². The van der Waals surface area contributed by atoms with E-state index in [1.165, 1.54) is 25.4 Å². The van der Waals surface area contributed by atoms with Crippen molar-refractivity contribution >= 4 is 5.91 Å². The molecule has 1 unspecified atom stereocenters. The molecule has 1 aliphatic heterocycles. The van der Waals surface area contributed by atoms with E-state index in [9.17, 15) is 4.79 Å². The molecule has 88 valence electrons. The summed E-state index contributed by atoms with van der Waals surface area (Å²) in [6.07, 6.45) is 5.09. The summed E-state index contributed by atoms with van der Waals surface area (Å²) in [7, 11) is 2.12. The van der Waals surface area contributed by atoms with Crippen molar-refractivity contribution in [2.24, 2.45) is 5.92 Å². The topological polar surface area (TPSA) is 58.4 Å². The second-order valence-electron chi connectivity index (χ2n) is 4.35. The molecule has 1 fully saturated rings. The highest BCUT2D eigenvalue weighted by Gasteiger charge is 2.18. The van der Waals surface area contributed by atoms with Gasteiger partial charge in [0.15, 0.2) is 6.39 Å². The maximum absolute atomic E-state index is 11.6. The molecule has 0 saturated carbocycles. The third-order valence-corrected chi connectivity index (χ3v) is 2.93. The van der Waals surface area contributed by atoms with Crippen molar-refractivity contribution in [1.29, 1.82) is 0 Å². The van der Waals surface area contributed by atoms with Crippen molar-refractivity contribution in [1.82, 2.24) is 15.2 Å². The average molecular weight is 223 g/mol. The number of aromatic nitrogens is 1. The molecule has 1 N–H and O–H groups in total. The van der Waals surface area contributed by atoms with Crippen LogP contribution in [0.4, 0.5) is 0 Å². The highest BCUT2D eigenvalue weighted by molar-refractivity contribution is 5.90. The van der Waals surface area contributed by atoms with E-state index in [2.05, 4.69) is 22.2 Å². The molecule has 1 amide bonds. The van der Waals surface area contributed by atoms with Crippen molar-refractivity contribution in [3.63, 3.8) is 0 Å². The van der Waals surface area contributed by atoms with Gasteiger partial charge in [0.2, 0.25) is 5.76 Å². The Morgan fingerprint density at radius 3 is 3.31 bits per heavy atom. The summed E-state index contributed by atoms with van der Waals surface area (Å²) in [5.74, 6) is 0.653. The predicted octanol–water partition coefficient (Wildman–Crippen LogP) is 0.746. The van der Waals surface area contributed by atoms with E-state index in [-0.39, 0.29) is 11.7 Å².